The highest BCUT2D eigenvalue weighted by Gasteiger charge is 2.08. The average molecular weight is 298 g/mol. The van der Waals surface area contributed by atoms with Crippen LogP contribution in [0.25, 0.3) is 0 Å². The molecule has 0 aliphatic heterocycles. The lowest BCUT2D eigenvalue weighted by atomic mass is 10.3. The summed E-state index contributed by atoms with van der Waals surface area (Å²) in [6.45, 7) is 1.58. The molecule has 0 atom stereocenters. The first-order chi connectivity index (χ1) is 9.69. The summed E-state index contributed by atoms with van der Waals surface area (Å²) in [5, 5.41) is 11.6. The lowest BCUT2D eigenvalue weighted by Crippen LogP contribution is -2.26. The van der Waals surface area contributed by atoms with Gasteiger partial charge in [0.05, 0.1) is 11.2 Å². The van der Waals surface area contributed by atoms with Crippen molar-refractivity contribution in [1.82, 2.24) is 24.9 Å². The van der Waals surface area contributed by atoms with Crippen molar-refractivity contribution in [3.63, 3.8) is 0 Å². The topological polar surface area (TPSA) is 74.0 Å². The number of carbonyl (C=O) groups is 1. The van der Waals surface area contributed by atoms with Crippen molar-refractivity contribution in [2.45, 2.75) is 19.7 Å². The third kappa shape index (κ3) is 4.07. The fraction of sp³-hybridized carbons (Fsp3) is 0.417. The summed E-state index contributed by atoms with van der Waals surface area (Å²) in [6, 6.07) is 1.65. The third-order valence-electron chi connectivity index (χ3n) is 2.59. The maximum atomic E-state index is 11.8. The second-order valence-corrected chi connectivity index (χ2v) is 4.63. The van der Waals surface area contributed by atoms with Gasteiger partial charge in [0.1, 0.15) is 12.4 Å². The Morgan fingerprint density at radius 3 is 3.05 bits per heavy atom. The van der Waals surface area contributed by atoms with Gasteiger partial charge in [-0.15, -0.1) is 0 Å². The van der Waals surface area contributed by atoms with Crippen molar-refractivity contribution in [2.24, 2.45) is 0 Å². The molecular formula is C12H16ClN5O2. The zero-order valence-electron chi connectivity index (χ0n) is 11.1. The second-order valence-electron chi connectivity index (χ2n) is 4.19. The van der Waals surface area contributed by atoms with Crippen molar-refractivity contribution in [1.29, 1.82) is 0 Å². The van der Waals surface area contributed by atoms with Gasteiger partial charge in [-0.05, 0) is 12.5 Å². The summed E-state index contributed by atoms with van der Waals surface area (Å²) in [7, 11) is 1.57. The van der Waals surface area contributed by atoms with Gasteiger partial charge < -0.3 is 10.1 Å². The zero-order chi connectivity index (χ0) is 14.4. The number of nitrogens with one attached hydrogen (secondary N) is 1. The molecule has 2 aromatic heterocycles. The Bertz CT molecular complexity index is 566. The van der Waals surface area contributed by atoms with E-state index in [1.54, 1.807) is 41.1 Å². The van der Waals surface area contributed by atoms with Crippen LogP contribution in [0.15, 0.2) is 24.7 Å². The van der Waals surface area contributed by atoms with Crippen molar-refractivity contribution in [3.05, 3.63) is 35.4 Å². The molecule has 0 aliphatic carbocycles. The molecule has 0 unspecified atom stereocenters. The molecule has 0 spiro atoms. The van der Waals surface area contributed by atoms with Gasteiger partial charge >= 0.3 is 0 Å². The Hall–Kier alpha value is -1.86. The molecule has 0 aromatic carbocycles. The van der Waals surface area contributed by atoms with Gasteiger partial charge in [-0.25, -0.2) is 4.68 Å². The van der Waals surface area contributed by atoms with Crippen LogP contribution in [-0.2, 0) is 18.0 Å². The molecule has 8 heteroatoms. The first kappa shape index (κ1) is 14.5. The number of hydrogen-bond acceptors (Lipinski definition) is 4. The van der Waals surface area contributed by atoms with Gasteiger partial charge in [0, 0.05) is 32.6 Å². The van der Waals surface area contributed by atoms with Crippen LogP contribution in [0.4, 0.5) is 0 Å². The Morgan fingerprint density at radius 1 is 1.50 bits per heavy atom. The summed E-state index contributed by atoms with van der Waals surface area (Å²) in [4.78, 5) is 11.8. The number of amides is 1. The molecule has 20 heavy (non-hydrogen) atoms. The van der Waals surface area contributed by atoms with Gasteiger partial charge in [-0.1, -0.05) is 11.6 Å². The lowest BCUT2D eigenvalue weighted by Gasteiger charge is -2.03. The maximum Gasteiger partial charge on any atom is 0.271 e. The second kappa shape index (κ2) is 7.06. The van der Waals surface area contributed by atoms with Crippen molar-refractivity contribution in [2.75, 3.05) is 13.7 Å². The molecule has 108 valence electrons. The third-order valence-corrected chi connectivity index (χ3v) is 2.78. The summed E-state index contributed by atoms with van der Waals surface area (Å²) in [5.41, 5.74) is 0.379. The summed E-state index contributed by atoms with van der Waals surface area (Å²) in [5.74, 6) is -0.196. The molecule has 2 aromatic rings. The highest BCUT2D eigenvalue weighted by Crippen LogP contribution is 2.04. The number of aromatic nitrogens is 4. The first-order valence-electron chi connectivity index (χ1n) is 6.17. The Labute approximate surface area is 121 Å². The fourth-order valence-electron chi connectivity index (χ4n) is 1.68. The first-order valence-corrected chi connectivity index (χ1v) is 6.55. The number of halogens is 1. The molecule has 0 radical (unpaired) electrons. The molecule has 2 rings (SSSR count). The maximum absolute atomic E-state index is 11.8. The van der Waals surface area contributed by atoms with E-state index in [0.717, 1.165) is 6.42 Å². The van der Waals surface area contributed by atoms with Crippen LogP contribution in [0.2, 0.25) is 5.02 Å². The summed E-state index contributed by atoms with van der Waals surface area (Å²) < 4.78 is 8.21. The van der Waals surface area contributed by atoms with E-state index in [0.29, 0.717) is 30.5 Å². The van der Waals surface area contributed by atoms with Crippen molar-refractivity contribution >= 4 is 17.5 Å². The largest absolute Gasteiger partial charge is 0.362 e. The molecule has 7 nitrogen and oxygen atoms in total. The molecule has 0 saturated carbocycles. The quantitative estimate of drug-likeness (QED) is 0.778. The van der Waals surface area contributed by atoms with Crippen LogP contribution >= 0.6 is 11.6 Å². The Kier molecular flexibility index (Phi) is 5.14. The van der Waals surface area contributed by atoms with Crippen molar-refractivity contribution < 1.29 is 9.53 Å². The van der Waals surface area contributed by atoms with E-state index >= 15 is 0 Å². The van der Waals surface area contributed by atoms with Gasteiger partial charge in [-0.2, -0.15) is 10.2 Å². The number of carbonyl (C=O) groups excluding carboxylic acids is 1. The smallest absolute Gasteiger partial charge is 0.271 e. The molecule has 1 amide bonds. The normalized spacial score (nSPS) is 10.7. The molecule has 0 fully saturated rings. The van der Waals surface area contributed by atoms with Gasteiger partial charge in [0.25, 0.3) is 5.91 Å². The van der Waals surface area contributed by atoms with Gasteiger partial charge in [-0.3, -0.25) is 9.48 Å². The molecule has 0 aliphatic rings. The predicted molar refractivity (Wildman–Crippen MR) is 73.4 cm³/mol. The standard InChI is InChI=1S/C12H16ClN5O2/c1-20-9-18-6-3-11(16-18)12(19)14-4-2-5-17-8-10(13)7-15-17/h3,6-8H,2,4-5,9H2,1H3,(H,14,19). The minimum absolute atomic E-state index is 0.196. The molecule has 1 N–H and O–H groups in total. The van der Waals surface area contributed by atoms with Gasteiger partial charge in [0.15, 0.2) is 0 Å². The average Bonchev–Trinajstić information content (AvgIpc) is 3.04. The number of nitrogens with zero attached hydrogens (tertiary/aromatic N) is 4. The van der Waals surface area contributed by atoms with E-state index in [1.165, 1.54) is 0 Å². The van der Waals surface area contributed by atoms with E-state index in [-0.39, 0.29) is 5.91 Å². The Balaban J connectivity index is 1.71. The number of aryl methyl sites for hydroxylation is 1. The van der Waals surface area contributed by atoms with Crippen LogP contribution in [0, 0.1) is 0 Å². The van der Waals surface area contributed by atoms with E-state index in [1.807, 2.05) is 0 Å². The molecule has 0 saturated heterocycles. The number of hydrogen-bond donors (Lipinski definition) is 1. The number of methoxy groups -OCH3 is 1. The van der Waals surface area contributed by atoms with Crippen molar-refractivity contribution in [3.8, 4) is 0 Å². The van der Waals surface area contributed by atoms with Crippen LogP contribution in [0.1, 0.15) is 16.9 Å². The van der Waals surface area contributed by atoms with Crippen LogP contribution in [0.3, 0.4) is 0 Å². The van der Waals surface area contributed by atoms with Crippen LogP contribution in [0.5, 0.6) is 0 Å². The minimum atomic E-state index is -0.196. The SMILES string of the molecule is COCn1ccc(C(=O)NCCCn2cc(Cl)cn2)n1. The summed E-state index contributed by atoms with van der Waals surface area (Å²) >= 11 is 5.76. The molecular weight excluding hydrogens is 282 g/mol. The van der Waals surface area contributed by atoms with E-state index < -0.39 is 0 Å². The highest BCUT2D eigenvalue weighted by molar-refractivity contribution is 6.30. The predicted octanol–water partition coefficient (Wildman–Crippen LogP) is 1.16. The summed E-state index contributed by atoms with van der Waals surface area (Å²) in [6.07, 6.45) is 5.80. The molecule has 0 bridgehead atoms. The molecule has 2 heterocycles. The van der Waals surface area contributed by atoms with E-state index in [2.05, 4.69) is 15.5 Å². The Morgan fingerprint density at radius 2 is 2.35 bits per heavy atom. The van der Waals surface area contributed by atoms with E-state index in [9.17, 15) is 4.79 Å². The monoisotopic (exact) mass is 297 g/mol. The van der Waals surface area contributed by atoms with Crippen LogP contribution < -0.4 is 5.32 Å². The minimum Gasteiger partial charge on any atom is -0.362 e. The zero-order valence-corrected chi connectivity index (χ0v) is 11.9. The van der Waals surface area contributed by atoms with Gasteiger partial charge in [0.2, 0.25) is 0 Å². The highest BCUT2D eigenvalue weighted by atomic mass is 35.5. The van der Waals surface area contributed by atoms with E-state index in [4.69, 9.17) is 16.3 Å². The number of ether oxygens (including phenoxy) is 1. The lowest BCUT2D eigenvalue weighted by molar-refractivity contribution is 0.0939. The fourth-order valence-corrected chi connectivity index (χ4v) is 1.84. The number of rotatable bonds is 7. The van der Waals surface area contributed by atoms with Crippen LogP contribution in [-0.4, -0.2) is 39.1 Å².